The lowest BCUT2D eigenvalue weighted by Crippen LogP contribution is -2.23. The first-order valence-electron chi connectivity index (χ1n) is 6.26. The Bertz CT molecular complexity index is 556. The lowest BCUT2D eigenvalue weighted by Gasteiger charge is -2.06. The van der Waals surface area contributed by atoms with E-state index >= 15 is 0 Å². The van der Waals surface area contributed by atoms with E-state index in [1.165, 1.54) is 6.26 Å². The number of anilines is 1. The van der Waals surface area contributed by atoms with Gasteiger partial charge in [0.15, 0.2) is 5.96 Å². The third-order valence-electron chi connectivity index (χ3n) is 2.41. The minimum atomic E-state index is -2.97. The first-order chi connectivity index (χ1) is 9.37. The van der Waals surface area contributed by atoms with Crippen LogP contribution in [-0.4, -0.2) is 46.1 Å². The molecule has 112 valence electrons. The van der Waals surface area contributed by atoms with Crippen LogP contribution in [0.15, 0.2) is 29.3 Å². The normalized spacial score (nSPS) is 12.4. The molecule has 0 atom stereocenters. The Morgan fingerprint density at radius 1 is 1.40 bits per heavy atom. The molecular weight excluding hydrogens is 278 g/mol. The van der Waals surface area contributed by atoms with Crippen LogP contribution < -0.4 is 11.1 Å². The number of benzene rings is 1. The van der Waals surface area contributed by atoms with Gasteiger partial charge in [0.05, 0.1) is 25.5 Å². The van der Waals surface area contributed by atoms with Crippen LogP contribution in [0.5, 0.6) is 0 Å². The molecule has 7 heteroatoms. The van der Waals surface area contributed by atoms with E-state index in [1.807, 2.05) is 31.2 Å². The molecular formula is C13H21N3O3S. The van der Waals surface area contributed by atoms with Gasteiger partial charge in [0.25, 0.3) is 0 Å². The molecule has 0 saturated heterocycles. The summed E-state index contributed by atoms with van der Waals surface area (Å²) in [6.45, 7) is 2.90. The molecule has 0 aliphatic heterocycles. The van der Waals surface area contributed by atoms with Gasteiger partial charge in [0.1, 0.15) is 9.84 Å². The van der Waals surface area contributed by atoms with Crippen molar-refractivity contribution < 1.29 is 13.2 Å². The second kappa shape index (κ2) is 7.86. The minimum Gasteiger partial charge on any atom is -0.378 e. The third kappa shape index (κ3) is 7.75. The third-order valence-corrected chi connectivity index (χ3v) is 3.31. The summed E-state index contributed by atoms with van der Waals surface area (Å²) in [5, 5.41) is 2.97. The molecule has 0 bridgehead atoms. The summed E-state index contributed by atoms with van der Waals surface area (Å²) < 4.78 is 26.9. The van der Waals surface area contributed by atoms with Gasteiger partial charge < -0.3 is 15.8 Å². The molecule has 0 heterocycles. The second-order valence-electron chi connectivity index (χ2n) is 4.50. The number of nitrogens with one attached hydrogen (secondary N) is 1. The van der Waals surface area contributed by atoms with Gasteiger partial charge in [-0.15, -0.1) is 0 Å². The van der Waals surface area contributed by atoms with Gasteiger partial charge in [-0.05, 0) is 24.6 Å². The fourth-order valence-electron chi connectivity index (χ4n) is 1.45. The number of nitrogens with two attached hydrogens (primary N) is 1. The minimum absolute atomic E-state index is 0.0216. The van der Waals surface area contributed by atoms with Gasteiger partial charge in [-0.2, -0.15) is 0 Å². The molecule has 0 fully saturated rings. The number of sulfone groups is 1. The highest BCUT2D eigenvalue weighted by Gasteiger charge is 2.00. The molecule has 0 radical (unpaired) electrons. The van der Waals surface area contributed by atoms with E-state index in [1.54, 1.807) is 0 Å². The lowest BCUT2D eigenvalue weighted by molar-refractivity contribution is 0.157. The van der Waals surface area contributed by atoms with Crippen LogP contribution in [0.2, 0.25) is 0 Å². The first kappa shape index (κ1) is 16.5. The fraction of sp³-hybridized carbons (Fsp3) is 0.462. The van der Waals surface area contributed by atoms with Gasteiger partial charge in [-0.3, -0.25) is 4.99 Å². The summed E-state index contributed by atoms with van der Waals surface area (Å²) in [5.41, 5.74) is 7.74. The Balaban J connectivity index is 2.25. The highest BCUT2D eigenvalue weighted by Crippen LogP contribution is 2.08. The summed E-state index contributed by atoms with van der Waals surface area (Å²) >= 11 is 0. The van der Waals surface area contributed by atoms with E-state index in [9.17, 15) is 8.42 Å². The summed E-state index contributed by atoms with van der Waals surface area (Å²) in [7, 11) is -2.97. The van der Waals surface area contributed by atoms with Crippen LogP contribution in [-0.2, 0) is 14.6 Å². The Morgan fingerprint density at radius 2 is 2.15 bits per heavy atom. The summed E-state index contributed by atoms with van der Waals surface area (Å²) in [6.07, 6.45) is 1.18. The average molecular weight is 299 g/mol. The van der Waals surface area contributed by atoms with E-state index in [0.29, 0.717) is 19.1 Å². The molecule has 0 amide bonds. The number of aryl methyl sites for hydroxylation is 1. The molecule has 0 aliphatic carbocycles. The number of hydrogen-bond acceptors (Lipinski definition) is 4. The number of nitrogens with zero attached hydrogens (tertiary/aromatic N) is 1. The zero-order chi connectivity index (χ0) is 15.0. The molecule has 3 N–H and O–H groups in total. The van der Waals surface area contributed by atoms with E-state index < -0.39 is 9.84 Å². The van der Waals surface area contributed by atoms with Crippen LogP contribution in [0.3, 0.4) is 0 Å². The Kier molecular flexibility index (Phi) is 6.47. The van der Waals surface area contributed by atoms with Gasteiger partial charge in [0.2, 0.25) is 0 Å². The highest BCUT2D eigenvalue weighted by molar-refractivity contribution is 7.90. The second-order valence-corrected chi connectivity index (χ2v) is 6.76. The predicted octanol–water partition coefficient (Wildman–Crippen LogP) is 0.783. The summed E-state index contributed by atoms with van der Waals surface area (Å²) in [4.78, 5) is 4.09. The van der Waals surface area contributed by atoms with Crippen molar-refractivity contribution in [3.05, 3.63) is 29.8 Å². The number of hydrogen-bond donors (Lipinski definition) is 2. The molecule has 1 rings (SSSR count). The maximum atomic E-state index is 10.9. The number of aliphatic imine (C=N–C) groups is 1. The molecule has 20 heavy (non-hydrogen) atoms. The Morgan fingerprint density at radius 3 is 2.80 bits per heavy atom. The predicted molar refractivity (Wildman–Crippen MR) is 81.8 cm³/mol. The molecule has 0 spiro atoms. The number of ether oxygens (including phenoxy) is 1. The monoisotopic (exact) mass is 299 g/mol. The molecule has 1 aromatic rings. The van der Waals surface area contributed by atoms with Gasteiger partial charge >= 0.3 is 0 Å². The fourth-order valence-corrected chi connectivity index (χ4v) is 1.87. The van der Waals surface area contributed by atoms with Crippen LogP contribution in [0.4, 0.5) is 5.69 Å². The van der Waals surface area contributed by atoms with Gasteiger partial charge in [0, 0.05) is 11.9 Å². The van der Waals surface area contributed by atoms with E-state index in [-0.39, 0.29) is 12.4 Å². The van der Waals surface area contributed by atoms with Crippen molar-refractivity contribution in [2.75, 3.05) is 37.1 Å². The Hall–Kier alpha value is -1.60. The van der Waals surface area contributed by atoms with E-state index in [4.69, 9.17) is 10.5 Å². The van der Waals surface area contributed by atoms with Crippen LogP contribution >= 0.6 is 0 Å². The largest absolute Gasteiger partial charge is 0.378 e. The average Bonchev–Trinajstić information content (AvgIpc) is 2.32. The van der Waals surface area contributed by atoms with E-state index in [0.717, 1.165) is 11.3 Å². The Labute approximate surface area is 120 Å². The van der Waals surface area contributed by atoms with Crippen LogP contribution in [0, 0.1) is 6.92 Å². The SMILES string of the molecule is Cc1cccc(NC(N)=NCCOCCS(C)(=O)=O)c1. The van der Waals surface area contributed by atoms with Gasteiger partial charge in [-0.1, -0.05) is 12.1 Å². The van der Waals surface area contributed by atoms with Crippen molar-refractivity contribution in [1.29, 1.82) is 0 Å². The van der Waals surface area contributed by atoms with Crippen LogP contribution in [0.1, 0.15) is 5.56 Å². The molecule has 6 nitrogen and oxygen atoms in total. The standard InChI is InChI=1S/C13H21N3O3S/c1-11-4-3-5-12(10-11)16-13(14)15-6-7-19-8-9-20(2,17)18/h3-5,10H,6-9H2,1-2H3,(H3,14,15,16). The summed E-state index contributed by atoms with van der Waals surface area (Å²) in [6, 6.07) is 7.79. The quantitative estimate of drug-likeness (QED) is 0.441. The van der Waals surface area contributed by atoms with E-state index in [2.05, 4.69) is 10.3 Å². The molecule has 0 aromatic heterocycles. The zero-order valence-electron chi connectivity index (χ0n) is 11.8. The zero-order valence-corrected chi connectivity index (χ0v) is 12.6. The molecule has 0 saturated carbocycles. The van der Waals surface area contributed by atoms with Crippen LogP contribution in [0.25, 0.3) is 0 Å². The summed E-state index contributed by atoms with van der Waals surface area (Å²) in [5.74, 6) is 0.329. The van der Waals surface area contributed by atoms with Crippen molar-refractivity contribution >= 4 is 21.5 Å². The van der Waals surface area contributed by atoms with Crippen molar-refractivity contribution in [3.8, 4) is 0 Å². The smallest absolute Gasteiger partial charge is 0.193 e. The van der Waals surface area contributed by atoms with Crippen molar-refractivity contribution in [2.45, 2.75) is 6.92 Å². The number of guanidine groups is 1. The van der Waals surface area contributed by atoms with Gasteiger partial charge in [-0.25, -0.2) is 8.42 Å². The molecule has 0 unspecified atom stereocenters. The van der Waals surface area contributed by atoms with Crippen molar-refractivity contribution in [2.24, 2.45) is 10.7 Å². The van der Waals surface area contributed by atoms with Crippen molar-refractivity contribution in [3.63, 3.8) is 0 Å². The molecule has 1 aromatic carbocycles. The maximum Gasteiger partial charge on any atom is 0.193 e. The van der Waals surface area contributed by atoms with Crippen molar-refractivity contribution in [1.82, 2.24) is 0 Å². The highest BCUT2D eigenvalue weighted by atomic mass is 32.2. The number of rotatable bonds is 7. The first-order valence-corrected chi connectivity index (χ1v) is 8.32. The maximum absolute atomic E-state index is 10.9. The molecule has 0 aliphatic rings. The lowest BCUT2D eigenvalue weighted by atomic mass is 10.2. The topological polar surface area (TPSA) is 93.8 Å².